The van der Waals surface area contributed by atoms with Crippen molar-refractivity contribution in [2.75, 3.05) is 25.1 Å². The number of methoxy groups -OCH3 is 1. The molecule has 3 rings (SSSR count). The van der Waals surface area contributed by atoms with Gasteiger partial charge in [-0.15, -0.1) is 0 Å². The number of anilines is 1. The Morgan fingerprint density at radius 2 is 1.88 bits per heavy atom. The Labute approximate surface area is 147 Å². The summed E-state index contributed by atoms with van der Waals surface area (Å²) in [4.78, 5) is 26.5. The topological polar surface area (TPSA) is 58.6 Å². The van der Waals surface area contributed by atoms with Gasteiger partial charge in [0.15, 0.2) is 0 Å². The van der Waals surface area contributed by atoms with Gasteiger partial charge in [0.25, 0.3) is 5.91 Å². The number of ether oxygens (including phenoxy) is 1. The van der Waals surface area contributed by atoms with Crippen LogP contribution < -0.4 is 15.0 Å². The second-order valence-corrected chi connectivity index (χ2v) is 5.98. The van der Waals surface area contributed by atoms with Crippen molar-refractivity contribution in [3.63, 3.8) is 0 Å². The molecule has 0 fully saturated rings. The number of rotatable bonds is 6. The smallest absolute Gasteiger partial charge is 0.255 e. The van der Waals surface area contributed by atoms with Crippen molar-refractivity contribution in [2.45, 2.75) is 19.3 Å². The van der Waals surface area contributed by atoms with Crippen LogP contribution in [-0.4, -0.2) is 32.0 Å². The molecule has 25 heavy (non-hydrogen) atoms. The van der Waals surface area contributed by atoms with Crippen molar-refractivity contribution in [1.29, 1.82) is 0 Å². The summed E-state index contributed by atoms with van der Waals surface area (Å²) >= 11 is 0. The highest BCUT2D eigenvalue weighted by molar-refractivity contribution is 5.97. The van der Waals surface area contributed by atoms with Crippen LogP contribution in [0.15, 0.2) is 48.5 Å². The van der Waals surface area contributed by atoms with Gasteiger partial charge < -0.3 is 15.0 Å². The SMILES string of the molecule is COc1ccccc1C(=O)NCCCC(=O)N1CCc2ccccc21. The van der Waals surface area contributed by atoms with Gasteiger partial charge in [0, 0.05) is 25.2 Å². The Morgan fingerprint density at radius 1 is 1.12 bits per heavy atom. The number of amides is 2. The van der Waals surface area contributed by atoms with Gasteiger partial charge in [0.05, 0.1) is 12.7 Å². The molecule has 130 valence electrons. The Hall–Kier alpha value is -2.82. The summed E-state index contributed by atoms with van der Waals surface area (Å²) in [6.45, 7) is 1.20. The molecule has 2 aromatic rings. The molecule has 1 aliphatic heterocycles. The van der Waals surface area contributed by atoms with Gasteiger partial charge in [0.1, 0.15) is 5.75 Å². The first kappa shape index (κ1) is 17.0. The Bertz CT molecular complexity index is 773. The lowest BCUT2D eigenvalue weighted by Gasteiger charge is -2.17. The standard InChI is InChI=1S/C20H22N2O3/c1-25-18-10-5-3-8-16(18)20(24)21-13-6-11-19(23)22-14-12-15-7-2-4-9-17(15)22/h2-5,7-10H,6,11-14H2,1H3,(H,21,24). The Morgan fingerprint density at radius 3 is 2.72 bits per heavy atom. The van der Waals surface area contributed by atoms with E-state index in [1.54, 1.807) is 25.3 Å². The summed E-state index contributed by atoms with van der Waals surface area (Å²) in [5.74, 6) is 0.470. The molecule has 0 radical (unpaired) electrons. The Kier molecular flexibility index (Phi) is 5.33. The van der Waals surface area contributed by atoms with Gasteiger partial charge in [-0.3, -0.25) is 9.59 Å². The molecule has 1 N–H and O–H groups in total. The quantitative estimate of drug-likeness (QED) is 0.824. The first-order valence-corrected chi connectivity index (χ1v) is 8.50. The van der Waals surface area contributed by atoms with Gasteiger partial charge in [-0.05, 0) is 36.6 Å². The van der Waals surface area contributed by atoms with Crippen LogP contribution in [0.25, 0.3) is 0 Å². The number of fused-ring (bicyclic) bond motifs is 1. The number of carbonyl (C=O) groups excluding carboxylic acids is 2. The lowest BCUT2D eigenvalue weighted by molar-refractivity contribution is -0.118. The number of nitrogens with one attached hydrogen (secondary N) is 1. The third-order valence-electron chi connectivity index (χ3n) is 4.39. The number of benzene rings is 2. The van der Waals surface area contributed by atoms with E-state index in [1.165, 1.54) is 5.56 Å². The van der Waals surface area contributed by atoms with Gasteiger partial charge >= 0.3 is 0 Å². The fourth-order valence-corrected chi connectivity index (χ4v) is 3.10. The van der Waals surface area contributed by atoms with E-state index < -0.39 is 0 Å². The van der Waals surface area contributed by atoms with Crippen LogP contribution in [0, 0.1) is 0 Å². The molecule has 5 nitrogen and oxygen atoms in total. The number of carbonyl (C=O) groups is 2. The van der Waals surface area contributed by atoms with Crippen LogP contribution in [0.1, 0.15) is 28.8 Å². The molecule has 0 aromatic heterocycles. The number of hydrogen-bond acceptors (Lipinski definition) is 3. The van der Waals surface area contributed by atoms with E-state index in [4.69, 9.17) is 4.74 Å². The molecule has 0 saturated heterocycles. The van der Waals surface area contributed by atoms with Gasteiger partial charge in [-0.2, -0.15) is 0 Å². The second kappa shape index (κ2) is 7.83. The van der Waals surface area contributed by atoms with E-state index in [-0.39, 0.29) is 11.8 Å². The maximum absolute atomic E-state index is 12.4. The van der Waals surface area contributed by atoms with E-state index in [0.717, 1.165) is 18.7 Å². The number of nitrogens with zero attached hydrogens (tertiary/aromatic N) is 1. The minimum Gasteiger partial charge on any atom is -0.496 e. The van der Waals surface area contributed by atoms with Gasteiger partial charge in [-0.25, -0.2) is 0 Å². The minimum absolute atomic E-state index is 0.108. The van der Waals surface area contributed by atoms with Crippen molar-refractivity contribution in [3.05, 3.63) is 59.7 Å². The van der Waals surface area contributed by atoms with E-state index in [1.807, 2.05) is 29.2 Å². The highest BCUT2D eigenvalue weighted by Crippen LogP contribution is 2.28. The van der Waals surface area contributed by atoms with E-state index >= 15 is 0 Å². The molecular weight excluding hydrogens is 316 g/mol. The zero-order valence-corrected chi connectivity index (χ0v) is 14.3. The first-order chi connectivity index (χ1) is 12.2. The fraction of sp³-hybridized carbons (Fsp3) is 0.300. The van der Waals surface area contributed by atoms with Crippen molar-refractivity contribution in [2.24, 2.45) is 0 Å². The zero-order chi connectivity index (χ0) is 17.6. The number of hydrogen-bond donors (Lipinski definition) is 1. The molecule has 0 bridgehead atoms. The highest BCUT2D eigenvalue weighted by Gasteiger charge is 2.23. The average Bonchev–Trinajstić information content (AvgIpc) is 3.09. The summed E-state index contributed by atoms with van der Waals surface area (Å²) in [6.07, 6.45) is 1.94. The van der Waals surface area contributed by atoms with Crippen molar-refractivity contribution >= 4 is 17.5 Å². The normalized spacial score (nSPS) is 12.6. The fourth-order valence-electron chi connectivity index (χ4n) is 3.10. The predicted octanol–water partition coefficient (Wildman–Crippen LogP) is 2.79. The predicted molar refractivity (Wildman–Crippen MR) is 97.1 cm³/mol. The van der Waals surface area contributed by atoms with Crippen molar-refractivity contribution in [1.82, 2.24) is 5.32 Å². The molecule has 2 aromatic carbocycles. The molecule has 0 unspecified atom stereocenters. The maximum atomic E-state index is 12.4. The van der Waals surface area contributed by atoms with Crippen LogP contribution in [0.3, 0.4) is 0 Å². The summed E-state index contributed by atoms with van der Waals surface area (Å²) in [5, 5.41) is 2.85. The monoisotopic (exact) mass is 338 g/mol. The van der Waals surface area contributed by atoms with E-state index in [0.29, 0.717) is 30.7 Å². The van der Waals surface area contributed by atoms with E-state index in [9.17, 15) is 9.59 Å². The number of para-hydroxylation sites is 2. The van der Waals surface area contributed by atoms with Crippen LogP contribution >= 0.6 is 0 Å². The molecule has 0 spiro atoms. The molecule has 0 saturated carbocycles. The van der Waals surface area contributed by atoms with Gasteiger partial charge in [-0.1, -0.05) is 30.3 Å². The highest BCUT2D eigenvalue weighted by atomic mass is 16.5. The average molecular weight is 338 g/mol. The first-order valence-electron chi connectivity index (χ1n) is 8.50. The molecule has 5 heteroatoms. The molecule has 1 heterocycles. The molecule has 0 aliphatic carbocycles. The Balaban J connectivity index is 1.47. The third-order valence-corrected chi connectivity index (χ3v) is 4.39. The largest absolute Gasteiger partial charge is 0.496 e. The van der Waals surface area contributed by atoms with Crippen molar-refractivity contribution < 1.29 is 14.3 Å². The summed E-state index contributed by atoms with van der Waals surface area (Å²) in [5.41, 5.74) is 2.75. The molecule has 2 amide bonds. The molecular formula is C20H22N2O3. The summed E-state index contributed by atoms with van der Waals surface area (Å²) < 4.78 is 5.19. The van der Waals surface area contributed by atoms with Crippen LogP contribution in [0.4, 0.5) is 5.69 Å². The minimum atomic E-state index is -0.184. The maximum Gasteiger partial charge on any atom is 0.255 e. The third kappa shape index (κ3) is 3.82. The zero-order valence-electron chi connectivity index (χ0n) is 14.3. The molecule has 1 aliphatic rings. The second-order valence-electron chi connectivity index (χ2n) is 5.98. The van der Waals surface area contributed by atoms with Crippen molar-refractivity contribution in [3.8, 4) is 5.75 Å². The lowest BCUT2D eigenvalue weighted by atomic mass is 10.1. The van der Waals surface area contributed by atoms with Crippen LogP contribution in [0.2, 0.25) is 0 Å². The lowest BCUT2D eigenvalue weighted by Crippen LogP contribution is -2.30. The van der Waals surface area contributed by atoms with Gasteiger partial charge in [0.2, 0.25) is 5.91 Å². The summed E-state index contributed by atoms with van der Waals surface area (Å²) in [7, 11) is 1.54. The van der Waals surface area contributed by atoms with Crippen LogP contribution in [-0.2, 0) is 11.2 Å². The van der Waals surface area contributed by atoms with E-state index in [2.05, 4.69) is 11.4 Å². The van der Waals surface area contributed by atoms with Crippen LogP contribution in [0.5, 0.6) is 5.75 Å². The summed E-state index contributed by atoms with van der Waals surface area (Å²) in [6, 6.07) is 15.1. The molecule has 0 atom stereocenters.